The fraction of sp³-hybridized carbons (Fsp3) is 0.167. The second-order valence-electron chi connectivity index (χ2n) is 3.40. The van der Waals surface area contributed by atoms with Crippen molar-refractivity contribution in [2.45, 2.75) is 13.0 Å². The Morgan fingerprint density at radius 1 is 1.20 bits per heavy atom. The lowest BCUT2D eigenvalue weighted by molar-refractivity contribution is -0.107. The SMILES string of the molecule is O=CCc1cnn(Cc2ccccc2)c1. The highest BCUT2D eigenvalue weighted by Crippen LogP contribution is 2.03. The van der Waals surface area contributed by atoms with Crippen LogP contribution in [0.1, 0.15) is 11.1 Å². The van der Waals surface area contributed by atoms with E-state index in [1.54, 1.807) is 6.20 Å². The van der Waals surface area contributed by atoms with Crippen LogP contribution in [0, 0.1) is 0 Å². The van der Waals surface area contributed by atoms with Gasteiger partial charge in [-0.3, -0.25) is 4.68 Å². The van der Waals surface area contributed by atoms with E-state index in [-0.39, 0.29) is 0 Å². The standard InChI is InChI=1S/C12H12N2O/c15-7-6-12-8-13-14(10-12)9-11-4-2-1-3-5-11/h1-5,7-8,10H,6,9H2. The van der Waals surface area contributed by atoms with E-state index in [2.05, 4.69) is 17.2 Å². The number of carbonyl (C=O) groups excluding carboxylic acids is 1. The molecule has 0 saturated carbocycles. The molecule has 15 heavy (non-hydrogen) atoms. The number of carbonyl (C=O) groups is 1. The highest BCUT2D eigenvalue weighted by Gasteiger charge is 1.98. The lowest BCUT2D eigenvalue weighted by atomic mass is 10.2. The van der Waals surface area contributed by atoms with E-state index in [4.69, 9.17) is 0 Å². The second kappa shape index (κ2) is 4.55. The molecule has 3 heteroatoms. The molecule has 2 aromatic rings. The molecule has 0 bridgehead atoms. The maximum atomic E-state index is 10.3. The normalized spacial score (nSPS) is 10.1. The molecule has 1 aromatic carbocycles. The molecule has 0 aliphatic carbocycles. The molecule has 3 nitrogen and oxygen atoms in total. The minimum Gasteiger partial charge on any atom is -0.303 e. The van der Waals surface area contributed by atoms with Crippen LogP contribution in [0.3, 0.4) is 0 Å². The third-order valence-corrected chi connectivity index (χ3v) is 2.19. The number of rotatable bonds is 4. The van der Waals surface area contributed by atoms with Crippen molar-refractivity contribution in [2.75, 3.05) is 0 Å². The Kier molecular flexibility index (Phi) is 2.93. The zero-order chi connectivity index (χ0) is 10.5. The summed E-state index contributed by atoms with van der Waals surface area (Å²) in [5.74, 6) is 0. The van der Waals surface area contributed by atoms with Gasteiger partial charge in [-0.2, -0.15) is 5.10 Å². The molecule has 1 aromatic heterocycles. The number of benzene rings is 1. The highest BCUT2D eigenvalue weighted by atomic mass is 16.1. The van der Waals surface area contributed by atoms with Crippen molar-refractivity contribution in [1.82, 2.24) is 9.78 Å². The van der Waals surface area contributed by atoms with Crippen molar-refractivity contribution in [3.63, 3.8) is 0 Å². The molecule has 1 heterocycles. The summed E-state index contributed by atoms with van der Waals surface area (Å²) >= 11 is 0. The summed E-state index contributed by atoms with van der Waals surface area (Å²) in [4.78, 5) is 10.3. The van der Waals surface area contributed by atoms with Gasteiger partial charge in [0.1, 0.15) is 6.29 Å². The van der Waals surface area contributed by atoms with E-state index >= 15 is 0 Å². The lowest BCUT2D eigenvalue weighted by Crippen LogP contribution is -1.99. The van der Waals surface area contributed by atoms with Crippen LogP contribution < -0.4 is 0 Å². The van der Waals surface area contributed by atoms with Crippen LogP contribution in [0.25, 0.3) is 0 Å². The first-order chi connectivity index (χ1) is 7.38. The second-order valence-corrected chi connectivity index (χ2v) is 3.40. The van der Waals surface area contributed by atoms with Gasteiger partial charge in [-0.1, -0.05) is 30.3 Å². The lowest BCUT2D eigenvalue weighted by Gasteiger charge is -2.00. The van der Waals surface area contributed by atoms with Crippen molar-refractivity contribution in [3.8, 4) is 0 Å². The Balaban J connectivity index is 2.08. The molecule has 0 radical (unpaired) electrons. The van der Waals surface area contributed by atoms with Gasteiger partial charge in [-0.25, -0.2) is 0 Å². The molecule has 0 aliphatic heterocycles. The number of hydrogen-bond acceptors (Lipinski definition) is 2. The predicted molar refractivity (Wildman–Crippen MR) is 57.5 cm³/mol. The maximum absolute atomic E-state index is 10.3. The van der Waals surface area contributed by atoms with Gasteiger partial charge in [0, 0.05) is 12.6 Å². The third kappa shape index (κ3) is 2.53. The monoisotopic (exact) mass is 200 g/mol. The van der Waals surface area contributed by atoms with Crippen LogP contribution in [-0.2, 0) is 17.8 Å². The third-order valence-electron chi connectivity index (χ3n) is 2.19. The molecule has 0 saturated heterocycles. The Bertz CT molecular complexity index is 434. The Morgan fingerprint density at radius 2 is 2.00 bits per heavy atom. The average Bonchev–Trinajstić information content (AvgIpc) is 2.68. The van der Waals surface area contributed by atoms with Crippen molar-refractivity contribution < 1.29 is 4.79 Å². The van der Waals surface area contributed by atoms with Gasteiger partial charge < -0.3 is 4.79 Å². The molecule has 0 amide bonds. The zero-order valence-electron chi connectivity index (χ0n) is 8.34. The highest BCUT2D eigenvalue weighted by molar-refractivity contribution is 5.54. The summed E-state index contributed by atoms with van der Waals surface area (Å²) in [7, 11) is 0. The minimum absolute atomic E-state index is 0.439. The van der Waals surface area contributed by atoms with Gasteiger partial charge >= 0.3 is 0 Å². The predicted octanol–water partition coefficient (Wildman–Crippen LogP) is 1.67. The van der Waals surface area contributed by atoms with E-state index < -0.39 is 0 Å². The summed E-state index contributed by atoms with van der Waals surface area (Å²) in [5, 5.41) is 4.19. The summed E-state index contributed by atoms with van der Waals surface area (Å²) in [6.45, 7) is 0.750. The first kappa shape index (κ1) is 9.65. The molecule has 0 unspecified atom stereocenters. The molecule has 0 fully saturated rings. The average molecular weight is 200 g/mol. The number of aromatic nitrogens is 2. The van der Waals surface area contributed by atoms with E-state index in [0.29, 0.717) is 6.42 Å². The maximum Gasteiger partial charge on any atom is 0.124 e. The van der Waals surface area contributed by atoms with Crippen LogP contribution >= 0.6 is 0 Å². The van der Waals surface area contributed by atoms with Crippen LogP contribution in [0.4, 0.5) is 0 Å². The molecule has 0 spiro atoms. The van der Waals surface area contributed by atoms with Crippen molar-refractivity contribution in [3.05, 3.63) is 53.9 Å². The van der Waals surface area contributed by atoms with E-state index in [0.717, 1.165) is 18.4 Å². The fourth-order valence-corrected chi connectivity index (χ4v) is 1.46. The topological polar surface area (TPSA) is 34.9 Å². The molecular formula is C12H12N2O. The Morgan fingerprint density at radius 3 is 2.73 bits per heavy atom. The van der Waals surface area contributed by atoms with Crippen LogP contribution in [0.5, 0.6) is 0 Å². The number of hydrogen-bond donors (Lipinski definition) is 0. The summed E-state index contributed by atoms with van der Waals surface area (Å²) in [5.41, 5.74) is 2.17. The summed E-state index contributed by atoms with van der Waals surface area (Å²) in [6, 6.07) is 10.1. The Hall–Kier alpha value is -1.90. The fourth-order valence-electron chi connectivity index (χ4n) is 1.46. The molecule has 76 valence electrons. The largest absolute Gasteiger partial charge is 0.303 e. The van der Waals surface area contributed by atoms with E-state index in [1.165, 1.54) is 5.56 Å². The summed E-state index contributed by atoms with van der Waals surface area (Å²) < 4.78 is 1.84. The van der Waals surface area contributed by atoms with Crippen molar-refractivity contribution in [2.24, 2.45) is 0 Å². The van der Waals surface area contributed by atoms with Gasteiger partial charge in [0.2, 0.25) is 0 Å². The van der Waals surface area contributed by atoms with Crippen molar-refractivity contribution >= 4 is 6.29 Å². The molecule has 0 atom stereocenters. The molecule has 0 aliphatic rings. The van der Waals surface area contributed by atoms with Gasteiger partial charge in [0.15, 0.2) is 0 Å². The summed E-state index contributed by atoms with van der Waals surface area (Å²) in [6.07, 6.45) is 4.97. The number of nitrogens with zero attached hydrogens (tertiary/aromatic N) is 2. The first-order valence-electron chi connectivity index (χ1n) is 4.87. The minimum atomic E-state index is 0.439. The Labute approximate surface area is 88.4 Å². The van der Waals surface area contributed by atoms with Gasteiger partial charge in [-0.15, -0.1) is 0 Å². The number of aldehydes is 1. The van der Waals surface area contributed by atoms with E-state index in [9.17, 15) is 4.79 Å². The van der Waals surface area contributed by atoms with Gasteiger partial charge in [0.05, 0.1) is 12.7 Å². The van der Waals surface area contributed by atoms with Gasteiger partial charge in [0.25, 0.3) is 0 Å². The van der Waals surface area contributed by atoms with Gasteiger partial charge in [-0.05, 0) is 11.1 Å². The molecular weight excluding hydrogens is 188 g/mol. The van der Waals surface area contributed by atoms with Crippen LogP contribution in [0.15, 0.2) is 42.7 Å². The molecule has 2 rings (SSSR count). The molecule has 0 N–H and O–H groups in total. The van der Waals surface area contributed by atoms with Crippen LogP contribution in [-0.4, -0.2) is 16.1 Å². The first-order valence-corrected chi connectivity index (χ1v) is 4.87. The van der Waals surface area contributed by atoms with E-state index in [1.807, 2.05) is 29.1 Å². The zero-order valence-corrected chi connectivity index (χ0v) is 8.34. The van der Waals surface area contributed by atoms with Crippen LogP contribution in [0.2, 0.25) is 0 Å². The smallest absolute Gasteiger partial charge is 0.124 e. The van der Waals surface area contributed by atoms with Crippen molar-refractivity contribution in [1.29, 1.82) is 0 Å². The quantitative estimate of drug-likeness (QED) is 0.704.